The first kappa shape index (κ1) is 20.6. The predicted octanol–water partition coefficient (Wildman–Crippen LogP) is 2.44. The summed E-state index contributed by atoms with van der Waals surface area (Å²) < 4.78 is 10.5. The minimum atomic E-state index is -0.872. The molecule has 0 radical (unpaired) electrons. The van der Waals surface area contributed by atoms with Crippen LogP contribution in [0.5, 0.6) is 0 Å². The van der Waals surface area contributed by atoms with E-state index in [1.165, 1.54) is 6.08 Å². The first-order chi connectivity index (χ1) is 12.7. The van der Waals surface area contributed by atoms with Crippen LogP contribution in [0.1, 0.15) is 39.2 Å². The van der Waals surface area contributed by atoms with Crippen molar-refractivity contribution in [3.63, 3.8) is 0 Å². The SMILES string of the molecule is CC[C@H](NC(=O)OCc1ccccc1)C(=O)OC1=CC(=O)C(N)C(C)(C)C1. The van der Waals surface area contributed by atoms with Crippen LogP contribution in [0.15, 0.2) is 42.2 Å². The van der Waals surface area contributed by atoms with Gasteiger partial charge in [0.25, 0.3) is 0 Å². The van der Waals surface area contributed by atoms with Crippen molar-refractivity contribution in [1.82, 2.24) is 5.32 Å². The Hall–Kier alpha value is -2.67. The van der Waals surface area contributed by atoms with Gasteiger partial charge in [-0.25, -0.2) is 9.59 Å². The van der Waals surface area contributed by atoms with E-state index in [-0.39, 0.29) is 18.1 Å². The first-order valence-corrected chi connectivity index (χ1v) is 8.92. The molecular formula is C20H26N2O5. The van der Waals surface area contributed by atoms with Crippen LogP contribution in [-0.4, -0.2) is 29.9 Å². The number of ether oxygens (including phenoxy) is 2. The van der Waals surface area contributed by atoms with Gasteiger partial charge in [0.2, 0.25) is 0 Å². The first-order valence-electron chi connectivity index (χ1n) is 8.92. The van der Waals surface area contributed by atoms with Crippen LogP contribution in [0, 0.1) is 5.41 Å². The molecule has 0 fully saturated rings. The molecule has 3 N–H and O–H groups in total. The largest absolute Gasteiger partial charge is 0.445 e. The molecule has 2 atom stereocenters. The summed E-state index contributed by atoms with van der Waals surface area (Å²) in [6, 6.07) is 7.71. The summed E-state index contributed by atoms with van der Waals surface area (Å²) >= 11 is 0. The summed E-state index contributed by atoms with van der Waals surface area (Å²) in [4.78, 5) is 36.3. The molecule has 1 aliphatic rings. The lowest BCUT2D eigenvalue weighted by atomic mass is 9.75. The van der Waals surface area contributed by atoms with Gasteiger partial charge in [-0.1, -0.05) is 51.1 Å². The Labute approximate surface area is 158 Å². The van der Waals surface area contributed by atoms with E-state index < -0.39 is 29.6 Å². The number of amides is 1. The summed E-state index contributed by atoms with van der Waals surface area (Å²) in [6.07, 6.45) is 1.23. The molecule has 0 bridgehead atoms. The van der Waals surface area contributed by atoms with Gasteiger partial charge in [-0.15, -0.1) is 0 Å². The number of carbonyl (C=O) groups excluding carboxylic acids is 3. The van der Waals surface area contributed by atoms with Gasteiger partial charge in [0.1, 0.15) is 18.4 Å². The van der Waals surface area contributed by atoms with Gasteiger partial charge in [0.15, 0.2) is 5.78 Å². The molecule has 0 spiro atoms. The van der Waals surface area contributed by atoms with Crippen molar-refractivity contribution in [3.05, 3.63) is 47.7 Å². The smallest absolute Gasteiger partial charge is 0.408 e. The number of ketones is 1. The fourth-order valence-corrected chi connectivity index (χ4v) is 2.74. The number of nitrogens with two attached hydrogens (primary N) is 1. The Bertz CT molecular complexity index is 727. The zero-order valence-electron chi connectivity index (χ0n) is 15.9. The van der Waals surface area contributed by atoms with E-state index in [4.69, 9.17) is 15.2 Å². The molecule has 0 heterocycles. The van der Waals surface area contributed by atoms with Crippen molar-refractivity contribution in [2.45, 2.75) is 52.3 Å². The second kappa shape index (κ2) is 8.81. The van der Waals surface area contributed by atoms with Crippen LogP contribution in [-0.2, 0) is 25.7 Å². The van der Waals surface area contributed by atoms with Crippen LogP contribution in [0.3, 0.4) is 0 Å². The lowest BCUT2D eigenvalue weighted by molar-refractivity contribution is -0.142. The topological polar surface area (TPSA) is 108 Å². The molecule has 0 saturated carbocycles. The number of hydrogen-bond acceptors (Lipinski definition) is 6. The average Bonchev–Trinajstić information content (AvgIpc) is 2.63. The third-order valence-electron chi connectivity index (χ3n) is 4.51. The molecule has 146 valence electrons. The lowest BCUT2D eigenvalue weighted by Gasteiger charge is -2.34. The molecule has 0 aromatic heterocycles. The molecule has 2 rings (SSSR count). The summed E-state index contributed by atoms with van der Waals surface area (Å²) in [5, 5.41) is 2.49. The number of alkyl carbamates (subject to hydrolysis) is 1. The number of rotatable bonds is 6. The third kappa shape index (κ3) is 5.65. The second-order valence-electron chi connectivity index (χ2n) is 7.24. The standard InChI is InChI=1S/C20H26N2O5/c1-4-15(22-19(25)26-12-13-8-6-5-7-9-13)18(24)27-14-10-16(23)17(21)20(2,3)11-14/h5-10,15,17H,4,11-12,21H2,1-3H3,(H,22,25)/t15-,17?/m0/s1. The van der Waals surface area contributed by atoms with Gasteiger partial charge in [-0.3, -0.25) is 4.79 Å². The number of benzene rings is 1. The third-order valence-corrected chi connectivity index (χ3v) is 4.51. The molecule has 7 nitrogen and oxygen atoms in total. The molecule has 7 heteroatoms. The van der Waals surface area contributed by atoms with Gasteiger partial charge in [-0.05, 0) is 17.4 Å². The van der Waals surface area contributed by atoms with Crippen LogP contribution < -0.4 is 11.1 Å². The number of nitrogens with one attached hydrogen (secondary N) is 1. The van der Waals surface area contributed by atoms with Gasteiger partial charge in [-0.2, -0.15) is 0 Å². The Morgan fingerprint density at radius 1 is 1.30 bits per heavy atom. The van der Waals surface area contributed by atoms with Crippen LogP contribution in [0.4, 0.5) is 4.79 Å². The van der Waals surface area contributed by atoms with E-state index in [9.17, 15) is 14.4 Å². The summed E-state index contributed by atoms with van der Waals surface area (Å²) in [7, 11) is 0. The Morgan fingerprint density at radius 3 is 2.56 bits per heavy atom. The molecule has 1 aromatic rings. The van der Waals surface area contributed by atoms with Crippen molar-refractivity contribution in [3.8, 4) is 0 Å². The molecule has 1 unspecified atom stereocenters. The van der Waals surface area contributed by atoms with E-state index >= 15 is 0 Å². The predicted molar refractivity (Wildman–Crippen MR) is 99.4 cm³/mol. The van der Waals surface area contributed by atoms with Crippen molar-refractivity contribution in [2.75, 3.05) is 0 Å². The quantitative estimate of drug-likeness (QED) is 0.741. The van der Waals surface area contributed by atoms with Crippen molar-refractivity contribution < 1.29 is 23.9 Å². The highest BCUT2D eigenvalue weighted by molar-refractivity contribution is 5.96. The van der Waals surface area contributed by atoms with Gasteiger partial charge < -0.3 is 20.5 Å². The molecule has 1 aliphatic carbocycles. The monoisotopic (exact) mass is 374 g/mol. The maximum atomic E-state index is 12.4. The minimum Gasteiger partial charge on any atom is -0.445 e. The molecule has 27 heavy (non-hydrogen) atoms. The minimum absolute atomic E-state index is 0.101. The molecule has 1 amide bonds. The zero-order valence-corrected chi connectivity index (χ0v) is 15.9. The second-order valence-corrected chi connectivity index (χ2v) is 7.24. The number of esters is 1. The van der Waals surface area contributed by atoms with Crippen molar-refractivity contribution >= 4 is 17.8 Å². The number of allylic oxidation sites excluding steroid dienone is 1. The number of carbonyl (C=O) groups is 3. The van der Waals surface area contributed by atoms with Crippen molar-refractivity contribution in [2.24, 2.45) is 11.1 Å². The van der Waals surface area contributed by atoms with E-state index in [0.29, 0.717) is 12.8 Å². The Balaban J connectivity index is 1.90. The summed E-state index contributed by atoms with van der Waals surface area (Å²) in [5.41, 5.74) is 6.21. The van der Waals surface area contributed by atoms with E-state index in [2.05, 4.69) is 5.32 Å². The fraction of sp³-hybridized carbons (Fsp3) is 0.450. The Kier molecular flexibility index (Phi) is 6.74. The van der Waals surface area contributed by atoms with Gasteiger partial charge >= 0.3 is 12.1 Å². The highest BCUT2D eigenvalue weighted by Gasteiger charge is 2.37. The lowest BCUT2D eigenvalue weighted by Crippen LogP contribution is -2.47. The summed E-state index contributed by atoms with van der Waals surface area (Å²) in [6.45, 7) is 5.52. The van der Waals surface area contributed by atoms with E-state index in [1.807, 2.05) is 44.2 Å². The molecule has 0 aliphatic heterocycles. The van der Waals surface area contributed by atoms with Crippen molar-refractivity contribution in [1.29, 1.82) is 0 Å². The molecular weight excluding hydrogens is 348 g/mol. The van der Waals surface area contributed by atoms with E-state index in [1.54, 1.807) is 6.92 Å². The summed E-state index contributed by atoms with van der Waals surface area (Å²) in [5.74, 6) is -0.661. The van der Waals surface area contributed by atoms with Crippen LogP contribution in [0.25, 0.3) is 0 Å². The fourth-order valence-electron chi connectivity index (χ4n) is 2.74. The normalized spacial score (nSPS) is 19.6. The highest BCUT2D eigenvalue weighted by atomic mass is 16.6. The Morgan fingerprint density at radius 2 is 1.96 bits per heavy atom. The molecule has 0 saturated heterocycles. The van der Waals surface area contributed by atoms with Gasteiger partial charge in [0.05, 0.1) is 6.04 Å². The average molecular weight is 374 g/mol. The van der Waals surface area contributed by atoms with Gasteiger partial charge in [0, 0.05) is 12.5 Å². The van der Waals surface area contributed by atoms with E-state index in [0.717, 1.165) is 5.56 Å². The highest BCUT2D eigenvalue weighted by Crippen LogP contribution is 2.33. The maximum absolute atomic E-state index is 12.4. The number of hydrogen-bond donors (Lipinski definition) is 2. The van der Waals surface area contributed by atoms with Crippen LogP contribution in [0.2, 0.25) is 0 Å². The zero-order chi connectivity index (χ0) is 20.0. The maximum Gasteiger partial charge on any atom is 0.408 e. The molecule has 1 aromatic carbocycles. The van der Waals surface area contributed by atoms with Crippen LogP contribution >= 0.6 is 0 Å².